The van der Waals surface area contributed by atoms with Crippen LogP contribution in [0.15, 0.2) is 23.5 Å². The number of rotatable bonds is 4. The summed E-state index contributed by atoms with van der Waals surface area (Å²) < 4.78 is 0. The normalized spacial score (nSPS) is 22.2. The van der Waals surface area contributed by atoms with E-state index in [-0.39, 0.29) is 23.3 Å². The number of aliphatic hydroxyl groups is 1. The monoisotopic (exact) mass is 303 g/mol. The van der Waals surface area contributed by atoms with Crippen molar-refractivity contribution >= 4 is 23.5 Å². The van der Waals surface area contributed by atoms with Crippen LogP contribution in [0.25, 0.3) is 5.57 Å². The third kappa shape index (κ3) is 3.43. The first-order valence-electron chi connectivity index (χ1n) is 7.15. The second-order valence-electron chi connectivity index (χ2n) is 5.24. The van der Waals surface area contributed by atoms with Crippen LogP contribution in [0, 0.1) is 0 Å². The summed E-state index contributed by atoms with van der Waals surface area (Å²) in [5, 5.41) is 12.6. The fourth-order valence-corrected chi connectivity index (χ4v) is 2.52. The number of carbonyl (C=O) groups excluding carboxylic acids is 1. The number of carbonyl (C=O) groups is 1. The molecule has 1 aromatic rings. The minimum Gasteiger partial charge on any atom is -0.404 e. The number of hydrogen-bond acceptors (Lipinski definition) is 6. The van der Waals surface area contributed by atoms with E-state index in [1.165, 1.54) is 12.4 Å². The second kappa shape index (κ2) is 7.04. The van der Waals surface area contributed by atoms with Gasteiger partial charge in [-0.05, 0) is 25.3 Å². The van der Waals surface area contributed by atoms with Gasteiger partial charge < -0.3 is 21.9 Å². The molecule has 1 aromatic heterocycles. The molecule has 0 saturated heterocycles. The number of nitrogens with one attached hydrogen (secondary N) is 1. The average Bonchev–Trinajstić information content (AvgIpc) is 2.90. The summed E-state index contributed by atoms with van der Waals surface area (Å²) in [6, 6.07) is 1.39. The number of allylic oxidation sites excluding steroid dienone is 1. The number of aliphatic imine (C=N–C) groups is 1. The Kier molecular flexibility index (Phi) is 5.11. The van der Waals surface area contributed by atoms with Gasteiger partial charge in [0.15, 0.2) is 0 Å². The lowest BCUT2D eigenvalue weighted by Gasteiger charge is -2.17. The molecule has 7 nitrogen and oxygen atoms in total. The van der Waals surface area contributed by atoms with E-state index < -0.39 is 6.10 Å². The van der Waals surface area contributed by atoms with Crippen molar-refractivity contribution in [3.05, 3.63) is 29.6 Å². The van der Waals surface area contributed by atoms with Crippen molar-refractivity contribution in [1.29, 1.82) is 0 Å². The first-order chi connectivity index (χ1) is 10.6. The van der Waals surface area contributed by atoms with Gasteiger partial charge in [-0.15, -0.1) is 0 Å². The zero-order valence-electron chi connectivity index (χ0n) is 12.5. The molecule has 0 radical (unpaired) electrons. The summed E-state index contributed by atoms with van der Waals surface area (Å²) in [5.41, 5.74) is 12.9. The topological polar surface area (TPSA) is 127 Å². The summed E-state index contributed by atoms with van der Waals surface area (Å²) in [4.78, 5) is 20.3. The zero-order valence-corrected chi connectivity index (χ0v) is 12.5. The van der Waals surface area contributed by atoms with Gasteiger partial charge in [-0.1, -0.05) is 0 Å². The Hall–Kier alpha value is -2.41. The molecule has 22 heavy (non-hydrogen) atoms. The number of aromatic nitrogens is 1. The number of pyridine rings is 1. The molecule has 2 atom stereocenters. The SMILES string of the molecule is CN=C/C(=C\N)c1cnc(N)c(C(=O)N[C@H]2CCC[C@H]2O)c1. The molecule has 7 heteroatoms. The molecule has 2 rings (SSSR count). The van der Waals surface area contributed by atoms with E-state index in [9.17, 15) is 9.90 Å². The molecule has 1 heterocycles. The van der Waals surface area contributed by atoms with Crippen molar-refractivity contribution in [2.24, 2.45) is 10.7 Å². The van der Waals surface area contributed by atoms with E-state index in [0.717, 1.165) is 12.8 Å². The molecule has 1 saturated carbocycles. The fraction of sp³-hybridized carbons (Fsp3) is 0.400. The number of anilines is 1. The van der Waals surface area contributed by atoms with Crippen LogP contribution in [0.5, 0.6) is 0 Å². The van der Waals surface area contributed by atoms with Crippen molar-refractivity contribution in [2.45, 2.75) is 31.4 Å². The predicted octanol–water partition coefficient (Wildman–Crippen LogP) is 0.307. The van der Waals surface area contributed by atoms with Crippen LogP contribution in [-0.4, -0.2) is 41.4 Å². The van der Waals surface area contributed by atoms with Crippen LogP contribution in [-0.2, 0) is 0 Å². The quantitative estimate of drug-likeness (QED) is 0.595. The van der Waals surface area contributed by atoms with Crippen molar-refractivity contribution in [3.63, 3.8) is 0 Å². The van der Waals surface area contributed by atoms with Crippen LogP contribution in [0.4, 0.5) is 5.82 Å². The lowest BCUT2D eigenvalue weighted by atomic mass is 10.1. The number of nitrogen functional groups attached to an aromatic ring is 1. The maximum atomic E-state index is 12.4. The van der Waals surface area contributed by atoms with Crippen LogP contribution >= 0.6 is 0 Å². The lowest BCUT2D eigenvalue weighted by Crippen LogP contribution is -2.40. The van der Waals surface area contributed by atoms with Gasteiger partial charge in [0, 0.05) is 36.8 Å². The molecule has 0 bridgehead atoms. The summed E-state index contributed by atoms with van der Waals surface area (Å²) in [6.45, 7) is 0. The Bertz CT molecular complexity index is 612. The van der Waals surface area contributed by atoms with Gasteiger partial charge in [-0.2, -0.15) is 0 Å². The molecule has 0 spiro atoms. The number of aliphatic hydroxyl groups excluding tert-OH is 1. The van der Waals surface area contributed by atoms with Crippen molar-refractivity contribution in [2.75, 3.05) is 12.8 Å². The molecule has 1 amide bonds. The van der Waals surface area contributed by atoms with E-state index in [4.69, 9.17) is 11.5 Å². The molecule has 0 aromatic carbocycles. The highest BCUT2D eigenvalue weighted by molar-refractivity contribution is 6.10. The first-order valence-corrected chi connectivity index (χ1v) is 7.15. The number of hydrogen-bond donors (Lipinski definition) is 4. The molecule has 0 unspecified atom stereocenters. The van der Waals surface area contributed by atoms with Crippen LogP contribution in [0.2, 0.25) is 0 Å². The Morgan fingerprint density at radius 1 is 1.55 bits per heavy atom. The number of nitrogens with two attached hydrogens (primary N) is 2. The molecule has 1 fully saturated rings. The number of amides is 1. The molecule has 118 valence electrons. The van der Waals surface area contributed by atoms with Crippen LogP contribution < -0.4 is 16.8 Å². The summed E-state index contributed by atoms with van der Waals surface area (Å²) in [7, 11) is 1.63. The van der Waals surface area contributed by atoms with E-state index in [1.807, 2.05) is 0 Å². The number of nitrogens with zero attached hydrogens (tertiary/aromatic N) is 2. The van der Waals surface area contributed by atoms with Crippen molar-refractivity contribution in [1.82, 2.24) is 10.3 Å². The van der Waals surface area contributed by atoms with Gasteiger partial charge >= 0.3 is 0 Å². The Labute approximate surface area is 129 Å². The summed E-state index contributed by atoms with van der Waals surface area (Å²) >= 11 is 0. The Morgan fingerprint density at radius 2 is 2.32 bits per heavy atom. The minimum absolute atomic E-state index is 0.138. The summed E-state index contributed by atoms with van der Waals surface area (Å²) in [6.07, 6.45) is 6.36. The smallest absolute Gasteiger partial charge is 0.255 e. The molecule has 1 aliphatic rings. The molecule has 6 N–H and O–H groups in total. The van der Waals surface area contributed by atoms with Gasteiger partial charge in [0.25, 0.3) is 5.91 Å². The van der Waals surface area contributed by atoms with Gasteiger partial charge in [-0.3, -0.25) is 9.79 Å². The third-order valence-electron chi connectivity index (χ3n) is 3.74. The maximum Gasteiger partial charge on any atom is 0.255 e. The average molecular weight is 303 g/mol. The van der Waals surface area contributed by atoms with E-state index in [2.05, 4.69) is 15.3 Å². The first kappa shape index (κ1) is 16.0. The van der Waals surface area contributed by atoms with Gasteiger partial charge in [0.1, 0.15) is 5.82 Å². The predicted molar refractivity (Wildman–Crippen MR) is 86.3 cm³/mol. The van der Waals surface area contributed by atoms with E-state index >= 15 is 0 Å². The van der Waals surface area contributed by atoms with Crippen molar-refractivity contribution in [3.8, 4) is 0 Å². The van der Waals surface area contributed by atoms with Crippen LogP contribution in [0.1, 0.15) is 35.2 Å². The minimum atomic E-state index is -0.506. The standard InChI is InChI=1S/C15H21N5O2/c1-18-7-10(6-16)9-5-11(14(17)19-8-9)15(22)20-12-3-2-4-13(12)21/h5-8,12-13,21H,2-4,16H2,1H3,(H2,17,19)(H,20,22)/b10-6+,18-7?/t12-,13+/m0/s1. The van der Waals surface area contributed by atoms with Crippen LogP contribution in [0.3, 0.4) is 0 Å². The fourth-order valence-electron chi connectivity index (χ4n) is 2.52. The van der Waals surface area contributed by atoms with Crippen molar-refractivity contribution < 1.29 is 9.90 Å². The van der Waals surface area contributed by atoms with Gasteiger partial charge in [0.05, 0.1) is 17.7 Å². The van der Waals surface area contributed by atoms with Gasteiger partial charge in [0.2, 0.25) is 0 Å². The highest BCUT2D eigenvalue weighted by Crippen LogP contribution is 2.21. The second-order valence-corrected chi connectivity index (χ2v) is 5.24. The molecular weight excluding hydrogens is 282 g/mol. The third-order valence-corrected chi connectivity index (χ3v) is 3.74. The highest BCUT2D eigenvalue weighted by atomic mass is 16.3. The van der Waals surface area contributed by atoms with Gasteiger partial charge in [-0.25, -0.2) is 4.98 Å². The molecule has 1 aliphatic carbocycles. The Morgan fingerprint density at radius 3 is 2.91 bits per heavy atom. The van der Waals surface area contributed by atoms with E-state index in [1.54, 1.807) is 19.3 Å². The highest BCUT2D eigenvalue weighted by Gasteiger charge is 2.27. The summed E-state index contributed by atoms with van der Waals surface area (Å²) in [5.74, 6) is -0.207. The Balaban J connectivity index is 2.24. The zero-order chi connectivity index (χ0) is 16.1. The molecular formula is C15H21N5O2. The molecule has 0 aliphatic heterocycles. The van der Waals surface area contributed by atoms with E-state index in [0.29, 0.717) is 17.6 Å². The maximum absolute atomic E-state index is 12.4. The largest absolute Gasteiger partial charge is 0.404 e. The lowest BCUT2D eigenvalue weighted by molar-refractivity contribution is 0.0874.